The van der Waals surface area contributed by atoms with Gasteiger partial charge in [0.25, 0.3) is 0 Å². The normalized spacial score (nSPS) is 11.4. The molecular formula is C12H19OP. The van der Waals surface area contributed by atoms with E-state index in [1.165, 1.54) is 5.56 Å². The van der Waals surface area contributed by atoms with Crippen LogP contribution in [0.3, 0.4) is 0 Å². The molecule has 0 aromatic heterocycles. The molecular weight excluding hydrogens is 191 g/mol. The molecule has 0 fully saturated rings. The van der Waals surface area contributed by atoms with E-state index in [9.17, 15) is 0 Å². The summed E-state index contributed by atoms with van der Waals surface area (Å²) in [6.45, 7) is 4.45. The van der Waals surface area contributed by atoms with Gasteiger partial charge in [-0.15, -0.1) is 9.24 Å². The molecule has 1 aromatic rings. The van der Waals surface area contributed by atoms with Gasteiger partial charge in [-0.25, -0.2) is 0 Å². The van der Waals surface area contributed by atoms with Gasteiger partial charge in [-0.3, -0.25) is 0 Å². The Kier molecular flexibility index (Phi) is 3.95. The lowest BCUT2D eigenvalue weighted by molar-refractivity contribution is 0.414. The predicted molar refractivity (Wildman–Crippen MR) is 65.0 cm³/mol. The molecule has 0 saturated heterocycles. The third-order valence-corrected chi connectivity index (χ3v) is 4.08. The van der Waals surface area contributed by atoms with Gasteiger partial charge in [0.1, 0.15) is 5.75 Å². The van der Waals surface area contributed by atoms with Crippen LogP contribution in [0, 0.1) is 0 Å². The molecule has 0 saturated carbocycles. The number of hydrogen-bond acceptors (Lipinski definition) is 1. The van der Waals surface area contributed by atoms with Gasteiger partial charge >= 0.3 is 0 Å². The summed E-state index contributed by atoms with van der Waals surface area (Å²) < 4.78 is 5.14. The summed E-state index contributed by atoms with van der Waals surface area (Å²) in [6, 6.07) is 8.36. The fourth-order valence-electron chi connectivity index (χ4n) is 1.58. The Hall–Kier alpha value is -0.550. The number of hydrogen-bond donors (Lipinski definition) is 0. The van der Waals surface area contributed by atoms with E-state index in [0.29, 0.717) is 0 Å². The van der Waals surface area contributed by atoms with Gasteiger partial charge < -0.3 is 4.74 Å². The molecule has 14 heavy (non-hydrogen) atoms. The minimum atomic E-state index is 0.228. The van der Waals surface area contributed by atoms with Crippen LogP contribution in [0.4, 0.5) is 0 Å². The van der Waals surface area contributed by atoms with Crippen molar-refractivity contribution in [1.29, 1.82) is 0 Å². The molecule has 1 nitrogen and oxygen atoms in total. The Balaban J connectivity index is 2.95. The molecule has 0 aliphatic rings. The fraction of sp³-hybridized carbons (Fsp3) is 0.500. The summed E-state index contributed by atoms with van der Waals surface area (Å²) >= 11 is 0. The molecule has 1 aromatic carbocycles. The van der Waals surface area contributed by atoms with E-state index in [0.717, 1.165) is 18.6 Å². The number of rotatable bonds is 4. The third-order valence-electron chi connectivity index (χ3n) is 2.93. The minimum absolute atomic E-state index is 0.228. The summed E-state index contributed by atoms with van der Waals surface area (Å²) in [4.78, 5) is 0. The fourth-order valence-corrected chi connectivity index (χ4v) is 1.77. The molecule has 0 heterocycles. The molecule has 0 aliphatic heterocycles. The van der Waals surface area contributed by atoms with Gasteiger partial charge in [-0.1, -0.05) is 26.0 Å². The van der Waals surface area contributed by atoms with E-state index < -0.39 is 0 Å². The highest BCUT2D eigenvalue weighted by Gasteiger charge is 2.21. The van der Waals surface area contributed by atoms with Crippen molar-refractivity contribution in [2.24, 2.45) is 0 Å². The van der Waals surface area contributed by atoms with Gasteiger partial charge in [-0.05, 0) is 30.5 Å². The topological polar surface area (TPSA) is 9.23 Å². The van der Waals surface area contributed by atoms with Crippen molar-refractivity contribution in [2.45, 2.75) is 31.8 Å². The average Bonchev–Trinajstić information content (AvgIpc) is 2.28. The SMILES string of the molecule is CCC(P)(CC)c1ccc(OC)cc1. The molecule has 0 bridgehead atoms. The predicted octanol–water partition coefficient (Wildman–Crippen LogP) is 3.59. The first-order chi connectivity index (χ1) is 6.66. The first-order valence-corrected chi connectivity index (χ1v) is 5.67. The second-order valence-corrected chi connectivity index (χ2v) is 4.70. The lowest BCUT2D eigenvalue weighted by Gasteiger charge is -2.27. The maximum atomic E-state index is 5.14. The van der Waals surface area contributed by atoms with Crippen LogP contribution < -0.4 is 4.74 Å². The lowest BCUT2D eigenvalue weighted by Crippen LogP contribution is -2.14. The van der Waals surface area contributed by atoms with Crippen molar-refractivity contribution in [3.8, 4) is 5.75 Å². The van der Waals surface area contributed by atoms with E-state index in [1.54, 1.807) is 7.11 Å². The van der Waals surface area contributed by atoms with Crippen molar-refractivity contribution in [3.63, 3.8) is 0 Å². The van der Waals surface area contributed by atoms with Crippen LogP contribution in [0.5, 0.6) is 5.75 Å². The van der Waals surface area contributed by atoms with Gasteiger partial charge in [0, 0.05) is 5.16 Å². The number of benzene rings is 1. The highest BCUT2D eigenvalue weighted by molar-refractivity contribution is 7.18. The second-order valence-electron chi connectivity index (χ2n) is 3.59. The third kappa shape index (κ3) is 2.27. The Morgan fingerprint density at radius 2 is 1.64 bits per heavy atom. The maximum Gasteiger partial charge on any atom is 0.118 e. The summed E-state index contributed by atoms with van der Waals surface area (Å²) in [6.07, 6.45) is 2.28. The molecule has 78 valence electrons. The second kappa shape index (κ2) is 4.79. The standard InChI is InChI=1S/C12H19OP/c1-4-12(14,5-2)10-6-8-11(13-3)9-7-10/h6-9H,4-5,14H2,1-3H3. The average molecular weight is 210 g/mol. The van der Waals surface area contributed by atoms with Gasteiger partial charge in [0.05, 0.1) is 7.11 Å². The molecule has 2 heteroatoms. The first-order valence-electron chi connectivity index (χ1n) is 5.09. The molecule has 1 unspecified atom stereocenters. The Labute approximate surface area is 89.1 Å². The zero-order chi connectivity index (χ0) is 10.6. The number of ether oxygens (including phenoxy) is 1. The lowest BCUT2D eigenvalue weighted by atomic mass is 9.93. The quantitative estimate of drug-likeness (QED) is 0.690. The maximum absolute atomic E-state index is 5.14. The van der Waals surface area contributed by atoms with Crippen molar-refractivity contribution in [1.82, 2.24) is 0 Å². The van der Waals surface area contributed by atoms with Crippen LogP contribution >= 0.6 is 9.24 Å². The van der Waals surface area contributed by atoms with Crippen LogP contribution in [0.25, 0.3) is 0 Å². The van der Waals surface area contributed by atoms with E-state index >= 15 is 0 Å². The van der Waals surface area contributed by atoms with Crippen molar-refractivity contribution in [3.05, 3.63) is 29.8 Å². The van der Waals surface area contributed by atoms with Crippen LogP contribution in [0.1, 0.15) is 32.3 Å². The molecule has 0 radical (unpaired) electrons. The Morgan fingerprint density at radius 1 is 1.14 bits per heavy atom. The van der Waals surface area contributed by atoms with E-state index in [2.05, 4.69) is 35.2 Å². The van der Waals surface area contributed by atoms with Crippen molar-refractivity contribution in [2.75, 3.05) is 7.11 Å². The molecule has 0 amide bonds. The van der Waals surface area contributed by atoms with Crippen molar-refractivity contribution >= 4 is 9.24 Å². The van der Waals surface area contributed by atoms with Crippen LogP contribution in [-0.4, -0.2) is 7.11 Å². The van der Waals surface area contributed by atoms with Gasteiger partial charge in [0.2, 0.25) is 0 Å². The first kappa shape index (κ1) is 11.5. The number of methoxy groups -OCH3 is 1. The molecule has 0 aliphatic carbocycles. The molecule has 0 spiro atoms. The van der Waals surface area contributed by atoms with E-state index in [1.807, 2.05) is 12.1 Å². The van der Waals surface area contributed by atoms with Crippen LogP contribution in [0.2, 0.25) is 0 Å². The van der Waals surface area contributed by atoms with Crippen LogP contribution in [-0.2, 0) is 5.16 Å². The van der Waals surface area contributed by atoms with Gasteiger partial charge in [-0.2, -0.15) is 0 Å². The van der Waals surface area contributed by atoms with Gasteiger partial charge in [0.15, 0.2) is 0 Å². The van der Waals surface area contributed by atoms with Crippen LogP contribution in [0.15, 0.2) is 24.3 Å². The zero-order valence-corrected chi connectivity index (χ0v) is 10.4. The minimum Gasteiger partial charge on any atom is -0.497 e. The summed E-state index contributed by atoms with van der Waals surface area (Å²) in [7, 11) is 4.67. The Morgan fingerprint density at radius 3 is 2.00 bits per heavy atom. The zero-order valence-electron chi connectivity index (χ0n) is 9.21. The summed E-state index contributed by atoms with van der Waals surface area (Å²) in [5.74, 6) is 0.924. The molecule has 1 atom stereocenters. The van der Waals surface area contributed by atoms with E-state index in [-0.39, 0.29) is 5.16 Å². The Bertz CT molecular complexity index is 275. The monoisotopic (exact) mass is 210 g/mol. The van der Waals surface area contributed by atoms with Crippen molar-refractivity contribution < 1.29 is 4.74 Å². The summed E-state index contributed by atoms with van der Waals surface area (Å²) in [5.41, 5.74) is 1.37. The van der Waals surface area contributed by atoms with E-state index in [4.69, 9.17) is 4.74 Å². The summed E-state index contributed by atoms with van der Waals surface area (Å²) in [5, 5.41) is 0.228. The smallest absolute Gasteiger partial charge is 0.118 e. The largest absolute Gasteiger partial charge is 0.497 e. The highest BCUT2D eigenvalue weighted by Crippen LogP contribution is 2.38. The molecule has 0 N–H and O–H groups in total. The molecule has 1 rings (SSSR count). The highest BCUT2D eigenvalue weighted by atomic mass is 31.0.